The molecule has 0 aliphatic carbocycles. The summed E-state index contributed by atoms with van der Waals surface area (Å²) in [7, 11) is 0. The van der Waals surface area contributed by atoms with E-state index in [0.717, 1.165) is 16.3 Å². The number of carbonyl (C=O) groups is 3. The molecule has 2 aromatic rings. The van der Waals surface area contributed by atoms with Gasteiger partial charge in [0.1, 0.15) is 0 Å². The van der Waals surface area contributed by atoms with E-state index in [0.29, 0.717) is 6.54 Å². The zero-order valence-corrected chi connectivity index (χ0v) is 16.5. The van der Waals surface area contributed by atoms with Crippen LogP contribution >= 0.6 is 0 Å². The minimum atomic E-state index is -0.780. The quantitative estimate of drug-likeness (QED) is 0.729. The fourth-order valence-corrected chi connectivity index (χ4v) is 2.85. The first-order valence-corrected chi connectivity index (χ1v) is 9.40. The lowest BCUT2D eigenvalue weighted by Gasteiger charge is -2.21. The van der Waals surface area contributed by atoms with Crippen molar-refractivity contribution in [3.8, 4) is 0 Å². The maximum Gasteiger partial charge on any atom is 0.413 e. The van der Waals surface area contributed by atoms with E-state index in [2.05, 4.69) is 21.4 Å². The topological polar surface area (TPSA) is 87.7 Å². The van der Waals surface area contributed by atoms with Crippen LogP contribution < -0.4 is 10.6 Å². The first kappa shape index (κ1) is 21.4. The lowest BCUT2D eigenvalue weighted by Crippen LogP contribution is -2.44. The third-order valence-corrected chi connectivity index (χ3v) is 4.35. The number of imide groups is 1. The number of hydrogen-bond donors (Lipinski definition) is 2. The summed E-state index contributed by atoms with van der Waals surface area (Å²) in [6.07, 6.45) is -0.780. The van der Waals surface area contributed by atoms with E-state index in [1.807, 2.05) is 50.2 Å². The van der Waals surface area contributed by atoms with Gasteiger partial charge in [-0.2, -0.15) is 0 Å². The van der Waals surface area contributed by atoms with Crippen molar-refractivity contribution >= 4 is 28.7 Å². The van der Waals surface area contributed by atoms with Crippen molar-refractivity contribution in [2.24, 2.45) is 0 Å². The van der Waals surface area contributed by atoms with Crippen LogP contribution in [0.25, 0.3) is 10.8 Å². The van der Waals surface area contributed by atoms with Gasteiger partial charge >= 0.3 is 6.09 Å². The number of fused-ring (bicyclic) bond motifs is 1. The molecule has 0 heterocycles. The number of ether oxygens (including phenoxy) is 1. The van der Waals surface area contributed by atoms with Crippen LogP contribution in [0, 0.1) is 0 Å². The highest BCUT2D eigenvalue weighted by Gasteiger charge is 2.17. The van der Waals surface area contributed by atoms with Crippen LogP contribution in [0.1, 0.15) is 32.4 Å². The minimum Gasteiger partial charge on any atom is -0.450 e. The first-order valence-electron chi connectivity index (χ1n) is 9.40. The van der Waals surface area contributed by atoms with E-state index >= 15 is 0 Å². The Hall–Kier alpha value is -2.93. The molecule has 0 saturated heterocycles. The van der Waals surface area contributed by atoms with Crippen LogP contribution in [0.3, 0.4) is 0 Å². The van der Waals surface area contributed by atoms with Crippen molar-refractivity contribution in [2.75, 3.05) is 26.2 Å². The number of hydrogen-bond acceptors (Lipinski definition) is 5. The fourth-order valence-electron chi connectivity index (χ4n) is 2.85. The molecule has 0 aliphatic heterocycles. The molecule has 0 bridgehead atoms. The molecule has 28 heavy (non-hydrogen) atoms. The van der Waals surface area contributed by atoms with Crippen LogP contribution in [0.15, 0.2) is 42.5 Å². The number of carbonyl (C=O) groups excluding carboxylic acids is 3. The molecule has 1 atom stereocenters. The standard InChI is InChI=1S/C21H27N3O4/c1-4-24(14-20(26)23-21(27)28-5-2)13-19(25)22-15(3)17-11-10-16-8-6-7-9-18(16)12-17/h6-12,15H,4-5,13-14H2,1-3H3,(H,22,25)(H,23,26,27)/t15-/m0/s1. The molecule has 150 valence electrons. The summed E-state index contributed by atoms with van der Waals surface area (Å²) < 4.78 is 4.67. The van der Waals surface area contributed by atoms with Crippen LogP contribution in [0.2, 0.25) is 0 Å². The lowest BCUT2D eigenvalue weighted by molar-refractivity contribution is -0.125. The number of rotatable bonds is 8. The van der Waals surface area contributed by atoms with Crippen molar-refractivity contribution in [2.45, 2.75) is 26.8 Å². The van der Waals surface area contributed by atoms with Gasteiger partial charge in [0.05, 0.1) is 25.7 Å². The molecule has 0 unspecified atom stereocenters. The Bertz CT molecular complexity index is 837. The van der Waals surface area contributed by atoms with Gasteiger partial charge in [-0.25, -0.2) is 4.79 Å². The Morgan fingerprint density at radius 2 is 1.68 bits per heavy atom. The second kappa shape index (κ2) is 10.4. The highest BCUT2D eigenvalue weighted by atomic mass is 16.5. The Labute approximate surface area is 165 Å². The molecule has 0 spiro atoms. The average molecular weight is 385 g/mol. The summed E-state index contributed by atoms with van der Waals surface area (Å²) in [6.45, 7) is 6.10. The summed E-state index contributed by atoms with van der Waals surface area (Å²) in [5, 5.41) is 7.35. The number of benzene rings is 2. The first-order chi connectivity index (χ1) is 13.4. The van der Waals surface area contributed by atoms with E-state index in [9.17, 15) is 14.4 Å². The van der Waals surface area contributed by atoms with Crippen LogP contribution in [0.4, 0.5) is 4.79 Å². The summed E-state index contributed by atoms with van der Waals surface area (Å²) in [5.74, 6) is -0.692. The Balaban J connectivity index is 1.89. The van der Waals surface area contributed by atoms with Gasteiger partial charge in [0.2, 0.25) is 11.8 Å². The minimum absolute atomic E-state index is 0.0602. The molecule has 2 aromatic carbocycles. The van der Waals surface area contributed by atoms with Gasteiger partial charge in [-0.05, 0) is 42.8 Å². The predicted molar refractivity (Wildman–Crippen MR) is 108 cm³/mol. The number of alkyl carbamates (subject to hydrolysis) is 1. The normalized spacial score (nSPS) is 11.9. The van der Waals surface area contributed by atoms with Crippen molar-refractivity contribution < 1.29 is 19.1 Å². The Kier molecular flexibility index (Phi) is 7.95. The van der Waals surface area contributed by atoms with Gasteiger partial charge in [-0.1, -0.05) is 43.3 Å². The van der Waals surface area contributed by atoms with E-state index in [-0.39, 0.29) is 31.6 Å². The summed E-state index contributed by atoms with van der Waals surface area (Å²) in [4.78, 5) is 37.2. The van der Waals surface area contributed by atoms with E-state index in [1.165, 1.54) is 0 Å². The zero-order valence-electron chi connectivity index (χ0n) is 16.5. The monoisotopic (exact) mass is 385 g/mol. The average Bonchev–Trinajstić information content (AvgIpc) is 2.66. The second-order valence-corrected chi connectivity index (χ2v) is 6.47. The molecule has 0 aliphatic rings. The number of amides is 3. The van der Waals surface area contributed by atoms with Crippen LogP contribution in [0.5, 0.6) is 0 Å². The number of nitrogens with zero attached hydrogens (tertiary/aromatic N) is 1. The maximum atomic E-state index is 12.4. The third-order valence-electron chi connectivity index (χ3n) is 4.35. The molecule has 7 nitrogen and oxygen atoms in total. The molecule has 0 aromatic heterocycles. The molecule has 7 heteroatoms. The van der Waals surface area contributed by atoms with Gasteiger partial charge in [0.15, 0.2) is 0 Å². The van der Waals surface area contributed by atoms with Crippen molar-refractivity contribution in [1.29, 1.82) is 0 Å². The number of likely N-dealkylation sites (N-methyl/N-ethyl adjacent to an activating group) is 1. The predicted octanol–water partition coefficient (Wildman–Crippen LogP) is 2.61. The molecule has 0 radical (unpaired) electrons. The molecule has 0 fully saturated rings. The molecular weight excluding hydrogens is 358 g/mol. The Morgan fingerprint density at radius 1 is 1.00 bits per heavy atom. The van der Waals surface area contributed by atoms with Gasteiger partial charge in [-0.3, -0.25) is 19.8 Å². The summed E-state index contributed by atoms with van der Waals surface area (Å²) >= 11 is 0. The largest absolute Gasteiger partial charge is 0.450 e. The highest BCUT2D eigenvalue weighted by molar-refractivity contribution is 5.93. The molecule has 2 N–H and O–H groups in total. The van der Waals surface area contributed by atoms with Gasteiger partial charge < -0.3 is 10.1 Å². The third kappa shape index (κ3) is 6.35. The molecule has 0 saturated carbocycles. The second-order valence-electron chi connectivity index (χ2n) is 6.47. The summed E-state index contributed by atoms with van der Waals surface area (Å²) in [6, 6.07) is 14.0. The molecule has 3 amide bonds. The smallest absolute Gasteiger partial charge is 0.413 e. The van der Waals surface area contributed by atoms with E-state index < -0.39 is 12.0 Å². The SMILES string of the molecule is CCOC(=O)NC(=O)CN(CC)CC(=O)N[C@@H](C)c1ccc2ccccc2c1. The Morgan fingerprint density at radius 3 is 2.36 bits per heavy atom. The van der Waals surface area contributed by atoms with Crippen molar-refractivity contribution in [3.63, 3.8) is 0 Å². The maximum absolute atomic E-state index is 12.4. The van der Waals surface area contributed by atoms with Crippen LogP contribution in [-0.4, -0.2) is 49.0 Å². The van der Waals surface area contributed by atoms with E-state index in [4.69, 9.17) is 0 Å². The molecule has 2 rings (SSSR count). The van der Waals surface area contributed by atoms with Gasteiger partial charge in [0, 0.05) is 0 Å². The highest BCUT2D eigenvalue weighted by Crippen LogP contribution is 2.20. The van der Waals surface area contributed by atoms with Gasteiger partial charge in [-0.15, -0.1) is 0 Å². The van der Waals surface area contributed by atoms with Crippen LogP contribution in [-0.2, 0) is 14.3 Å². The van der Waals surface area contributed by atoms with Crippen molar-refractivity contribution in [1.82, 2.24) is 15.5 Å². The lowest BCUT2D eigenvalue weighted by atomic mass is 10.0. The van der Waals surface area contributed by atoms with E-state index in [1.54, 1.807) is 11.8 Å². The fraction of sp³-hybridized carbons (Fsp3) is 0.381. The molecular formula is C21H27N3O4. The summed E-state index contributed by atoms with van der Waals surface area (Å²) in [5.41, 5.74) is 1.01. The zero-order chi connectivity index (χ0) is 20.5. The van der Waals surface area contributed by atoms with Gasteiger partial charge in [0.25, 0.3) is 0 Å². The number of nitrogens with one attached hydrogen (secondary N) is 2. The van der Waals surface area contributed by atoms with Crippen molar-refractivity contribution in [3.05, 3.63) is 48.0 Å².